The quantitative estimate of drug-likeness (QED) is 0.385. The van der Waals surface area contributed by atoms with Gasteiger partial charge in [-0.05, 0) is 59.9 Å². The van der Waals surface area contributed by atoms with Crippen LogP contribution in [0.15, 0.2) is 84.0 Å². The fraction of sp³-hybridized carbons (Fsp3) is 0.500. The van der Waals surface area contributed by atoms with Crippen molar-refractivity contribution >= 4 is 30.3 Å². The van der Waals surface area contributed by atoms with Crippen molar-refractivity contribution in [1.29, 1.82) is 0 Å². The molecule has 2 aromatic rings. The van der Waals surface area contributed by atoms with E-state index in [2.05, 4.69) is 76.2 Å². The number of hydrogen-bond acceptors (Lipinski definition) is 4. The van der Waals surface area contributed by atoms with E-state index in [4.69, 9.17) is 4.43 Å². The molecule has 2 aromatic carbocycles. The molecule has 0 saturated heterocycles. The van der Waals surface area contributed by atoms with Crippen LogP contribution in [0.5, 0.6) is 0 Å². The van der Waals surface area contributed by atoms with E-state index in [0.717, 1.165) is 24.8 Å². The van der Waals surface area contributed by atoms with Crippen LogP contribution < -0.4 is 10.4 Å². The zero-order valence-electron chi connectivity index (χ0n) is 26.2. The Bertz CT molecular complexity index is 1170. The number of aliphatic hydroxyl groups is 1. The number of carbonyl (C=O) groups is 2. The molecule has 0 radical (unpaired) electrons. The summed E-state index contributed by atoms with van der Waals surface area (Å²) in [6, 6.07) is 21.1. The van der Waals surface area contributed by atoms with Crippen LogP contribution in [0.4, 0.5) is 0 Å². The van der Waals surface area contributed by atoms with Crippen LogP contribution in [-0.2, 0) is 14.0 Å². The van der Waals surface area contributed by atoms with E-state index in [0.29, 0.717) is 25.0 Å². The predicted octanol–water partition coefficient (Wildman–Crippen LogP) is 6.81. The molecule has 41 heavy (non-hydrogen) atoms. The molecular formula is C36H50O4Si. The number of rotatable bonds is 6. The molecule has 0 spiro atoms. The standard InChI is InChI=1S/C36H50O4Si/c1-26(2)32-23-21-27(3)15-14-16-29(33(37)24-22-28(4)34(38)35(32)39)25-40-41(36(5,6)7,30-17-10-8-11-18-30)31-19-12-9-13-20-31/h8-13,17-21,23,26,28-29,34,38H,14-16,22,24-25H2,1-7H3/b27-21-,32-23+/t28-,29+,34+/m1/s1. The molecule has 0 aromatic heterocycles. The highest BCUT2D eigenvalue weighted by Gasteiger charge is 2.50. The highest BCUT2D eigenvalue weighted by molar-refractivity contribution is 6.99. The maximum Gasteiger partial charge on any atom is 0.261 e. The first kappa shape index (κ1) is 32.9. The van der Waals surface area contributed by atoms with E-state index in [1.54, 1.807) is 0 Å². The van der Waals surface area contributed by atoms with Crippen molar-refractivity contribution < 1.29 is 19.1 Å². The molecule has 0 saturated carbocycles. The molecule has 4 nitrogen and oxygen atoms in total. The normalized spacial score (nSPS) is 24.8. The second-order valence-electron chi connectivity index (χ2n) is 13.1. The minimum absolute atomic E-state index is 0.0194. The molecule has 1 N–H and O–H groups in total. The summed E-state index contributed by atoms with van der Waals surface area (Å²) in [6.45, 7) is 15.0. The zero-order valence-corrected chi connectivity index (χ0v) is 27.2. The van der Waals surface area contributed by atoms with Gasteiger partial charge in [-0.2, -0.15) is 0 Å². The van der Waals surface area contributed by atoms with Crippen molar-refractivity contribution in [3.8, 4) is 0 Å². The summed E-state index contributed by atoms with van der Waals surface area (Å²) in [5.41, 5.74) is 1.80. The molecule has 0 fully saturated rings. The summed E-state index contributed by atoms with van der Waals surface area (Å²) in [6.07, 6.45) is 6.05. The Hall–Kier alpha value is -2.60. The number of benzene rings is 2. The van der Waals surface area contributed by atoms with Gasteiger partial charge in [0, 0.05) is 24.5 Å². The number of Topliss-reactive ketones (excluding diaryl/α,β-unsaturated/α-hetero) is 2. The van der Waals surface area contributed by atoms with Gasteiger partial charge in [0.05, 0.1) is 0 Å². The number of ketones is 2. The van der Waals surface area contributed by atoms with E-state index in [-0.39, 0.29) is 34.4 Å². The second-order valence-corrected chi connectivity index (χ2v) is 17.5. The third-order valence-corrected chi connectivity index (χ3v) is 13.6. The van der Waals surface area contributed by atoms with Gasteiger partial charge in [-0.3, -0.25) is 9.59 Å². The summed E-state index contributed by atoms with van der Waals surface area (Å²) in [4.78, 5) is 26.9. The fourth-order valence-electron chi connectivity index (χ4n) is 5.99. The highest BCUT2D eigenvalue weighted by Crippen LogP contribution is 2.37. The highest BCUT2D eigenvalue weighted by atomic mass is 28.4. The van der Waals surface area contributed by atoms with E-state index < -0.39 is 14.4 Å². The van der Waals surface area contributed by atoms with E-state index >= 15 is 0 Å². The van der Waals surface area contributed by atoms with E-state index in [9.17, 15) is 14.7 Å². The summed E-state index contributed by atoms with van der Waals surface area (Å²) in [5, 5.41) is 13.1. The molecule has 0 heterocycles. The van der Waals surface area contributed by atoms with Crippen molar-refractivity contribution in [2.24, 2.45) is 17.8 Å². The molecule has 0 aliphatic heterocycles. The Labute approximate surface area is 249 Å². The summed E-state index contributed by atoms with van der Waals surface area (Å²) in [5.74, 6) is -0.597. The number of allylic oxidation sites excluding steroid dienone is 3. The summed E-state index contributed by atoms with van der Waals surface area (Å²) in [7, 11) is -2.77. The minimum atomic E-state index is -2.77. The van der Waals surface area contributed by atoms with E-state index in [1.807, 2.05) is 45.1 Å². The van der Waals surface area contributed by atoms with Gasteiger partial charge in [-0.1, -0.05) is 120 Å². The topological polar surface area (TPSA) is 63.6 Å². The average Bonchev–Trinajstić information content (AvgIpc) is 2.94. The van der Waals surface area contributed by atoms with Crippen molar-refractivity contribution in [3.05, 3.63) is 84.0 Å². The molecule has 0 unspecified atom stereocenters. The van der Waals surface area contributed by atoms with Gasteiger partial charge in [0.15, 0.2) is 5.78 Å². The van der Waals surface area contributed by atoms with Crippen LogP contribution in [0.1, 0.15) is 80.6 Å². The van der Waals surface area contributed by atoms with Crippen LogP contribution in [0.2, 0.25) is 5.04 Å². The van der Waals surface area contributed by atoms with Gasteiger partial charge >= 0.3 is 0 Å². The van der Waals surface area contributed by atoms with Gasteiger partial charge in [0.1, 0.15) is 11.9 Å². The van der Waals surface area contributed by atoms with Gasteiger partial charge in [-0.15, -0.1) is 0 Å². The molecule has 1 aliphatic carbocycles. The van der Waals surface area contributed by atoms with Crippen LogP contribution in [0.25, 0.3) is 0 Å². The molecule has 3 rings (SSSR count). The molecule has 0 amide bonds. The Morgan fingerprint density at radius 1 is 0.902 bits per heavy atom. The van der Waals surface area contributed by atoms with Crippen molar-refractivity contribution in [1.82, 2.24) is 0 Å². The lowest BCUT2D eigenvalue weighted by Gasteiger charge is -2.43. The number of hydrogen-bond donors (Lipinski definition) is 1. The molecule has 3 atom stereocenters. The lowest BCUT2D eigenvalue weighted by Crippen LogP contribution is -2.67. The second kappa shape index (κ2) is 14.5. The van der Waals surface area contributed by atoms with Crippen molar-refractivity contribution in [3.63, 3.8) is 0 Å². The predicted molar refractivity (Wildman–Crippen MR) is 172 cm³/mol. The molecule has 1 aliphatic rings. The van der Waals surface area contributed by atoms with Crippen molar-refractivity contribution in [2.75, 3.05) is 6.61 Å². The monoisotopic (exact) mass is 574 g/mol. The summed E-state index contributed by atoms with van der Waals surface area (Å²) < 4.78 is 7.17. The molecule has 222 valence electrons. The van der Waals surface area contributed by atoms with Crippen LogP contribution in [-0.4, -0.2) is 37.7 Å². The van der Waals surface area contributed by atoms with E-state index in [1.165, 1.54) is 10.4 Å². The zero-order chi connectivity index (χ0) is 30.2. The smallest absolute Gasteiger partial charge is 0.261 e. The van der Waals surface area contributed by atoms with Gasteiger partial charge < -0.3 is 9.53 Å². The third kappa shape index (κ3) is 8.03. The first-order chi connectivity index (χ1) is 19.4. The van der Waals surface area contributed by atoms with Crippen LogP contribution in [0, 0.1) is 17.8 Å². The molecule has 5 heteroatoms. The number of carbonyl (C=O) groups excluding carboxylic acids is 2. The minimum Gasteiger partial charge on any atom is -0.407 e. The average molecular weight is 575 g/mol. The summed E-state index contributed by atoms with van der Waals surface area (Å²) >= 11 is 0. The molecule has 0 bridgehead atoms. The first-order valence-corrected chi connectivity index (χ1v) is 17.2. The van der Waals surface area contributed by atoms with Crippen molar-refractivity contribution in [2.45, 2.75) is 91.7 Å². The Morgan fingerprint density at radius 2 is 1.46 bits per heavy atom. The Morgan fingerprint density at radius 3 is 1.98 bits per heavy atom. The molecular weight excluding hydrogens is 524 g/mol. The third-order valence-electron chi connectivity index (χ3n) is 8.60. The van der Waals surface area contributed by atoms with Gasteiger partial charge in [0.25, 0.3) is 8.32 Å². The Kier molecular flexibility index (Phi) is 11.7. The lowest BCUT2D eigenvalue weighted by atomic mass is 9.85. The fourth-order valence-corrected chi connectivity index (χ4v) is 10.6. The maximum absolute atomic E-state index is 13.8. The van der Waals surface area contributed by atoms with Crippen LogP contribution >= 0.6 is 0 Å². The van der Waals surface area contributed by atoms with Gasteiger partial charge in [-0.25, -0.2) is 0 Å². The lowest BCUT2D eigenvalue weighted by molar-refractivity contribution is -0.128. The largest absolute Gasteiger partial charge is 0.407 e. The SMILES string of the molecule is C/C1=C/C=C(\C(C)C)C(=O)[C@@H](O)[C@H](C)CCC(=O)[C@H](CO[Si](c2ccccc2)(c2ccccc2)C(C)(C)C)CCC1. The van der Waals surface area contributed by atoms with Crippen LogP contribution in [0.3, 0.4) is 0 Å². The van der Waals surface area contributed by atoms with Gasteiger partial charge in [0.2, 0.25) is 0 Å². The maximum atomic E-state index is 13.8. The Balaban J connectivity index is 1.95. The number of aliphatic hydroxyl groups excluding tert-OH is 1. The first-order valence-electron chi connectivity index (χ1n) is 15.3.